The van der Waals surface area contributed by atoms with Crippen LogP contribution >= 0.6 is 0 Å². The maximum absolute atomic E-state index is 3.76. The number of benzene rings is 1. The van der Waals surface area contributed by atoms with Crippen LogP contribution in [0.25, 0.3) is 0 Å². The van der Waals surface area contributed by atoms with Gasteiger partial charge in [0.2, 0.25) is 0 Å². The minimum atomic E-state index is 0.653. The van der Waals surface area contributed by atoms with Crippen molar-refractivity contribution >= 4 is 5.69 Å². The predicted molar refractivity (Wildman–Crippen MR) is 75.5 cm³/mol. The van der Waals surface area contributed by atoms with E-state index in [1.54, 1.807) is 0 Å². The zero-order valence-electron chi connectivity index (χ0n) is 11.6. The summed E-state index contributed by atoms with van der Waals surface area (Å²) in [6.45, 7) is 9.14. The summed E-state index contributed by atoms with van der Waals surface area (Å²) in [5, 5.41) is 3.76. The molecule has 1 aliphatic carbocycles. The van der Waals surface area contributed by atoms with Gasteiger partial charge in [0, 0.05) is 11.7 Å². The van der Waals surface area contributed by atoms with Crippen LogP contribution in [-0.4, -0.2) is 6.04 Å². The van der Waals surface area contributed by atoms with Crippen LogP contribution in [0.5, 0.6) is 0 Å². The third kappa shape index (κ3) is 2.83. The molecule has 0 bridgehead atoms. The number of hydrogen-bond donors (Lipinski definition) is 1. The molecule has 0 amide bonds. The molecule has 0 aliphatic heterocycles. The van der Waals surface area contributed by atoms with E-state index < -0.39 is 0 Å². The molecule has 1 saturated carbocycles. The first-order chi connectivity index (χ1) is 8.08. The van der Waals surface area contributed by atoms with Crippen molar-refractivity contribution < 1.29 is 0 Å². The maximum atomic E-state index is 3.76. The van der Waals surface area contributed by atoms with Gasteiger partial charge >= 0.3 is 0 Å². The van der Waals surface area contributed by atoms with Crippen molar-refractivity contribution in [3.05, 3.63) is 29.3 Å². The molecule has 3 unspecified atom stereocenters. The van der Waals surface area contributed by atoms with Gasteiger partial charge < -0.3 is 5.32 Å². The molecule has 94 valence electrons. The van der Waals surface area contributed by atoms with Gasteiger partial charge in [-0.05, 0) is 43.7 Å². The molecule has 0 spiro atoms. The van der Waals surface area contributed by atoms with Crippen molar-refractivity contribution in [2.75, 3.05) is 5.32 Å². The lowest BCUT2D eigenvalue weighted by Gasteiger charge is -2.35. The number of nitrogens with one attached hydrogen (secondary N) is 1. The van der Waals surface area contributed by atoms with Crippen molar-refractivity contribution in [3.63, 3.8) is 0 Å². The standard InChI is InChI=1S/C16H25N/c1-11-8-9-15(13(3)10-11)17-16-7-5-6-12(2)14(16)4/h8-10,12,14,16-17H,5-7H2,1-4H3. The first-order valence-corrected chi connectivity index (χ1v) is 6.91. The second kappa shape index (κ2) is 5.12. The van der Waals surface area contributed by atoms with Gasteiger partial charge in [-0.2, -0.15) is 0 Å². The fourth-order valence-corrected chi connectivity index (χ4v) is 2.96. The predicted octanol–water partition coefficient (Wildman–Crippen LogP) is 4.54. The summed E-state index contributed by atoms with van der Waals surface area (Å²) in [4.78, 5) is 0. The Morgan fingerprint density at radius 3 is 2.59 bits per heavy atom. The third-order valence-electron chi connectivity index (χ3n) is 4.43. The number of anilines is 1. The van der Waals surface area contributed by atoms with E-state index in [9.17, 15) is 0 Å². The fourth-order valence-electron chi connectivity index (χ4n) is 2.96. The van der Waals surface area contributed by atoms with E-state index in [2.05, 4.69) is 51.2 Å². The lowest BCUT2D eigenvalue weighted by atomic mass is 9.78. The molecule has 0 saturated heterocycles. The van der Waals surface area contributed by atoms with E-state index in [1.165, 1.54) is 36.1 Å². The highest BCUT2D eigenvalue weighted by Crippen LogP contribution is 2.32. The maximum Gasteiger partial charge on any atom is 0.0372 e. The van der Waals surface area contributed by atoms with Gasteiger partial charge in [-0.25, -0.2) is 0 Å². The molecule has 17 heavy (non-hydrogen) atoms. The lowest BCUT2D eigenvalue weighted by Crippen LogP contribution is -2.35. The molecule has 0 radical (unpaired) electrons. The van der Waals surface area contributed by atoms with Crippen molar-refractivity contribution in [1.29, 1.82) is 0 Å². The van der Waals surface area contributed by atoms with Gasteiger partial charge in [0.15, 0.2) is 0 Å². The highest BCUT2D eigenvalue weighted by atomic mass is 14.9. The van der Waals surface area contributed by atoms with Gasteiger partial charge in [-0.15, -0.1) is 0 Å². The van der Waals surface area contributed by atoms with E-state index in [4.69, 9.17) is 0 Å². The van der Waals surface area contributed by atoms with Crippen molar-refractivity contribution in [1.82, 2.24) is 0 Å². The summed E-state index contributed by atoms with van der Waals surface area (Å²) in [5.74, 6) is 1.64. The molecular weight excluding hydrogens is 206 g/mol. The van der Waals surface area contributed by atoms with Crippen molar-refractivity contribution in [2.45, 2.75) is 53.0 Å². The van der Waals surface area contributed by atoms with Gasteiger partial charge in [-0.1, -0.05) is 44.4 Å². The summed E-state index contributed by atoms with van der Waals surface area (Å²) < 4.78 is 0. The van der Waals surface area contributed by atoms with Crippen LogP contribution in [0.3, 0.4) is 0 Å². The Morgan fingerprint density at radius 1 is 1.12 bits per heavy atom. The van der Waals surface area contributed by atoms with Crippen molar-refractivity contribution in [2.24, 2.45) is 11.8 Å². The lowest BCUT2D eigenvalue weighted by molar-refractivity contribution is 0.253. The monoisotopic (exact) mass is 231 g/mol. The quantitative estimate of drug-likeness (QED) is 0.788. The summed E-state index contributed by atoms with van der Waals surface area (Å²) in [7, 11) is 0. The number of rotatable bonds is 2. The van der Waals surface area contributed by atoms with E-state index in [1.807, 2.05) is 0 Å². The van der Waals surface area contributed by atoms with Crippen LogP contribution in [0.2, 0.25) is 0 Å². The normalized spacial score (nSPS) is 29.1. The molecule has 1 aromatic rings. The zero-order valence-corrected chi connectivity index (χ0v) is 11.6. The molecule has 1 aliphatic rings. The van der Waals surface area contributed by atoms with Gasteiger partial charge in [0.25, 0.3) is 0 Å². The number of hydrogen-bond acceptors (Lipinski definition) is 1. The van der Waals surface area contributed by atoms with Crippen molar-refractivity contribution in [3.8, 4) is 0 Å². The molecule has 1 nitrogen and oxygen atoms in total. The molecular formula is C16H25N. The topological polar surface area (TPSA) is 12.0 Å². The summed E-state index contributed by atoms with van der Waals surface area (Å²) in [6, 6.07) is 7.35. The van der Waals surface area contributed by atoms with E-state index in [0.717, 1.165) is 11.8 Å². The Hall–Kier alpha value is -0.980. The largest absolute Gasteiger partial charge is 0.382 e. The van der Waals surface area contributed by atoms with Crippen LogP contribution in [0, 0.1) is 25.7 Å². The molecule has 0 heterocycles. The van der Waals surface area contributed by atoms with Crippen LogP contribution in [-0.2, 0) is 0 Å². The summed E-state index contributed by atoms with van der Waals surface area (Å²) in [6.07, 6.45) is 4.08. The fraction of sp³-hybridized carbons (Fsp3) is 0.625. The highest BCUT2D eigenvalue weighted by molar-refractivity contribution is 5.52. The number of aryl methyl sites for hydroxylation is 2. The molecule has 1 heteroatoms. The highest BCUT2D eigenvalue weighted by Gasteiger charge is 2.26. The smallest absolute Gasteiger partial charge is 0.0372 e. The van der Waals surface area contributed by atoms with Gasteiger partial charge in [0.05, 0.1) is 0 Å². The molecule has 1 fully saturated rings. The van der Waals surface area contributed by atoms with Crippen LogP contribution in [0.4, 0.5) is 5.69 Å². The van der Waals surface area contributed by atoms with Gasteiger partial charge in [0.1, 0.15) is 0 Å². The first-order valence-electron chi connectivity index (χ1n) is 6.91. The summed E-state index contributed by atoms with van der Waals surface area (Å²) >= 11 is 0. The molecule has 1 aromatic carbocycles. The van der Waals surface area contributed by atoms with E-state index >= 15 is 0 Å². The SMILES string of the molecule is Cc1ccc(NC2CCCC(C)C2C)c(C)c1. The minimum Gasteiger partial charge on any atom is -0.382 e. The van der Waals surface area contributed by atoms with E-state index in [0.29, 0.717) is 6.04 Å². The van der Waals surface area contributed by atoms with Crippen LogP contribution < -0.4 is 5.32 Å². The summed E-state index contributed by atoms with van der Waals surface area (Å²) in [5.41, 5.74) is 4.04. The Morgan fingerprint density at radius 2 is 1.88 bits per heavy atom. The molecule has 3 atom stereocenters. The van der Waals surface area contributed by atoms with Crippen LogP contribution in [0.1, 0.15) is 44.2 Å². The Labute approximate surface area is 106 Å². The second-order valence-electron chi connectivity index (χ2n) is 5.84. The average molecular weight is 231 g/mol. The Kier molecular flexibility index (Phi) is 3.76. The van der Waals surface area contributed by atoms with Crippen LogP contribution in [0.15, 0.2) is 18.2 Å². The average Bonchev–Trinajstić information content (AvgIpc) is 2.28. The minimum absolute atomic E-state index is 0.653. The Bertz CT molecular complexity index is 383. The molecule has 1 N–H and O–H groups in total. The third-order valence-corrected chi connectivity index (χ3v) is 4.43. The Balaban J connectivity index is 2.09. The molecule has 2 rings (SSSR count). The van der Waals surface area contributed by atoms with Gasteiger partial charge in [-0.3, -0.25) is 0 Å². The second-order valence-corrected chi connectivity index (χ2v) is 5.84. The molecule has 0 aromatic heterocycles. The first kappa shape index (κ1) is 12.5. The van der Waals surface area contributed by atoms with E-state index in [-0.39, 0.29) is 0 Å². The zero-order chi connectivity index (χ0) is 12.4.